The number of carbonyl (C=O) groups is 3. The largest absolute Gasteiger partial charge is 0.480 e. The Labute approximate surface area is 200 Å². The average Bonchev–Trinajstić information content (AvgIpc) is 3.16. The Morgan fingerprint density at radius 2 is 1.68 bits per heavy atom. The predicted octanol–water partition coefficient (Wildman–Crippen LogP) is 4.41. The Bertz CT molecular complexity index is 1010. The Morgan fingerprint density at radius 3 is 2.29 bits per heavy atom. The van der Waals surface area contributed by atoms with Gasteiger partial charge in [0.2, 0.25) is 5.91 Å². The Hall–Kier alpha value is -3.35. The van der Waals surface area contributed by atoms with E-state index in [2.05, 4.69) is 29.6 Å². The van der Waals surface area contributed by atoms with Crippen LogP contribution in [0, 0.1) is 5.92 Å². The van der Waals surface area contributed by atoms with Gasteiger partial charge in [-0.3, -0.25) is 9.59 Å². The number of alkyl carbamates (subject to hydrolysis) is 1. The molecular formula is C27H32N2O5. The van der Waals surface area contributed by atoms with Crippen LogP contribution in [0.3, 0.4) is 0 Å². The smallest absolute Gasteiger partial charge is 0.407 e. The summed E-state index contributed by atoms with van der Waals surface area (Å²) in [5.74, 6) is -1.43. The highest BCUT2D eigenvalue weighted by Crippen LogP contribution is 2.44. The maximum Gasteiger partial charge on any atom is 0.407 e. The Morgan fingerprint density at radius 1 is 1.03 bits per heavy atom. The van der Waals surface area contributed by atoms with E-state index in [4.69, 9.17) is 9.84 Å². The number of nitrogens with zero attached hydrogens (tertiary/aromatic N) is 1. The average molecular weight is 465 g/mol. The number of carboxylic acid groups (broad SMARTS) is 1. The summed E-state index contributed by atoms with van der Waals surface area (Å²) in [5.41, 5.74) is 4.68. The topological polar surface area (TPSA) is 95.9 Å². The number of rotatable bonds is 8. The number of benzene rings is 2. The molecule has 4 rings (SSSR count). The predicted molar refractivity (Wildman–Crippen MR) is 128 cm³/mol. The summed E-state index contributed by atoms with van der Waals surface area (Å²) < 4.78 is 5.65. The third kappa shape index (κ3) is 5.24. The van der Waals surface area contributed by atoms with Gasteiger partial charge in [-0.05, 0) is 47.9 Å². The van der Waals surface area contributed by atoms with Crippen molar-refractivity contribution in [3.05, 3.63) is 59.7 Å². The van der Waals surface area contributed by atoms with Crippen molar-refractivity contribution in [2.24, 2.45) is 5.92 Å². The molecule has 1 fully saturated rings. The van der Waals surface area contributed by atoms with E-state index in [1.807, 2.05) is 31.2 Å². The monoisotopic (exact) mass is 464 g/mol. The number of amides is 2. The van der Waals surface area contributed by atoms with E-state index in [9.17, 15) is 14.4 Å². The van der Waals surface area contributed by atoms with Crippen molar-refractivity contribution < 1.29 is 24.2 Å². The number of aliphatic carboxylic acids is 1. The number of carbonyl (C=O) groups excluding carboxylic acids is 2. The summed E-state index contributed by atoms with van der Waals surface area (Å²) in [6.45, 7) is 2.31. The van der Waals surface area contributed by atoms with Crippen LogP contribution in [0.15, 0.2) is 48.5 Å². The molecule has 2 aromatic carbocycles. The van der Waals surface area contributed by atoms with Crippen molar-refractivity contribution in [3.8, 4) is 11.1 Å². The van der Waals surface area contributed by atoms with E-state index in [-0.39, 0.29) is 36.9 Å². The molecule has 0 heterocycles. The molecule has 0 aliphatic heterocycles. The van der Waals surface area contributed by atoms with Gasteiger partial charge in [-0.1, -0.05) is 61.9 Å². The van der Waals surface area contributed by atoms with Crippen LogP contribution >= 0.6 is 0 Å². The molecule has 2 aromatic rings. The molecule has 2 aliphatic rings. The van der Waals surface area contributed by atoms with Gasteiger partial charge in [0.05, 0.1) is 0 Å². The first-order valence-corrected chi connectivity index (χ1v) is 12.1. The van der Waals surface area contributed by atoms with Gasteiger partial charge in [-0.25, -0.2) is 4.79 Å². The zero-order valence-electron chi connectivity index (χ0n) is 19.5. The van der Waals surface area contributed by atoms with E-state index < -0.39 is 12.1 Å². The van der Waals surface area contributed by atoms with Gasteiger partial charge >= 0.3 is 12.1 Å². The summed E-state index contributed by atoms with van der Waals surface area (Å²) in [5, 5.41) is 12.1. The van der Waals surface area contributed by atoms with Crippen LogP contribution in [0.5, 0.6) is 0 Å². The third-order valence-electron chi connectivity index (χ3n) is 6.82. The lowest BCUT2D eigenvalue weighted by molar-refractivity contribution is -0.147. The van der Waals surface area contributed by atoms with Crippen LogP contribution in [-0.2, 0) is 14.3 Å². The molecule has 2 amide bonds. The lowest BCUT2D eigenvalue weighted by Gasteiger charge is -2.32. The summed E-state index contributed by atoms with van der Waals surface area (Å²) in [6.07, 6.45) is 3.02. The van der Waals surface area contributed by atoms with Crippen molar-refractivity contribution >= 4 is 18.0 Å². The second-order valence-corrected chi connectivity index (χ2v) is 9.18. The second-order valence-electron chi connectivity index (χ2n) is 9.18. The van der Waals surface area contributed by atoms with E-state index in [0.717, 1.165) is 24.0 Å². The van der Waals surface area contributed by atoms with Gasteiger partial charge in [0.1, 0.15) is 13.2 Å². The maximum absolute atomic E-state index is 12.9. The molecular weight excluding hydrogens is 432 g/mol. The molecule has 0 saturated heterocycles. The van der Waals surface area contributed by atoms with Crippen LogP contribution in [0.4, 0.5) is 4.79 Å². The second kappa shape index (κ2) is 10.7. The van der Waals surface area contributed by atoms with Crippen molar-refractivity contribution in [2.75, 3.05) is 19.7 Å². The van der Waals surface area contributed by atoms with Gasteiger partial charge in [0, 0.05) is 24.4 Å². The number of carboxylic acids is 1. The molecule has 0 spiro atoms. The fourth-order valence-electron chi connectivity index (χ4n) is 5.31. The fourth-order valence-corrected chi connectivity index (χ4v) is 5.31. The number of hydrogen-bond acceptors (Lipinski definition) is 4. The molecule has 2 aliphatic carbocycles. The van der Waals surface area contributed by atoms with Gasteiger partial charge in [0.15, 0.2) is 0 Å². The van der Waals surface area contributed by atoms with Crippen molar-refractivity contribution in [2.45, 2.75) is 51.0 Å². The molecule has 180 valence electrons. The molecule has 0 aromatic heterocycles. The number of nitrogens with one attached hydrogen (secondary N) is 1. The minimum Gasteiger partial charge on any atom is -0.480 e. The third-order valence-corrected chi connectivity index (χ3v) is 6.82. The zero-order valence-corrected chi connectivity index (χ0v) is 19.5. The molecule has 34 heavy (non-hydrogen) atoms. The molecule has 0 bridgehead atoms. The maximum atomic E-state index is 12.9. The molecule has 7 nitrogen and oxygen atoms in total. The summed E-state index contributed by atoms with van der Waals surface area (Å²) in [7, 11) is 0. The normalized spacial score (nSPS) is 19.1. The van der Waals surface area contributed by atoms with Gasteiger partial charge in [-0.2, -0.15) is 0 Å². The lowest BCUT2D eigenvalue weighted by atomic mass is 9.84. The van der Waals surface area contributed by atoms with Crippen LogP contribution in [0.2, 0.25) is 0 Å². The summed E-state index contributed by atoms with van der Waals surface area (Å²) in [4.78, 5) is 38.1. The molecule has 0 unspecified atom stereocenters. The van der Waals surface area contributed by atoms with Crippen LogP contribution in [0.1, 0.15) is 56.1 Å². The lowest BCUT2D eigenvalue weighted by Crippen LogP contribution is -2.45. The van der Waals surface area contributed by atoms with E-state index >= 15 is 0 Å². The first-order chi connectivity index (χ1) is 16.5. The minimum atomic E-state index is -1.01. The van der Waals surface area contributed by atoms with Gasteiger partial charge in [0.25, 0.3) is 0 Å². The Kier molecular flexibility index (Phi) is 7.50. The van der Waals surface area contributed by atoms with Crippen molar-refractivity contribution in [1.82, 2.24) is 10.2 Å². The highest BCUT2D eigenvalue weighted by Gasteiger charge is 2.33. The highest BCUT2D eigenvalue weighted by atomic mass is 16.5. The summed E-state index contributed by atoms with van der Waals surface area (Å²) in [6, 6.07) is 16.2. The molecule has 1 saturated carbocycles. The van der Waals surface area contributed by atoms with Gasteiger partial charge in [-0.15, -0.1) is 0 Å². The quantitative estimate of drug-likeness (QED) is 0.603. The van der Waals surface area contributed by atoms with Crippen molar-refractivity contribution in [3.63, 3.8) is 0 Å². The first-order valence-electron chi connectivity index (χ1n) is 12.1. The first kappa shape index (κ1) is 23.8. The van der Waals surface area contributed by atoms with E-state index in [0.29, 0.717) is 25.8 Å². The highest BCUT2D eigenvalue weighted by molar-refractivity contribution is 5.83. The van der Waals surface area contributed by atoms with E-state index in [1.165, 1.54) is 16.0 Å². The number of ether oxygens (including phenoxy) is 1. The molecule has 2 atom stereocenters. The van der Waals surface area contributed by atoms with Crippen LogP contribution < -0.4 is 5.32 Å². The minimum absolute atomic E-state index is 0.00236. The van der Waals surface area contributed by atoms with Crippen molar-refractivity contribution in [1.29, 1.82) is 0 Å². The molecule has 2 N–H and O–H groups in total. The zero-order chi connectivity index (χ0) is 24.1. The van der Waals surface area contributed by atoms with Gasteiger partial charge < -0.3 is 20.1 Å². The van der Waals surface area contributed by atoms with Crippen LogP contribution in [-0.4, -0.2) is 53.7 Å². The van der Waals surface area contributed by atoms with Crippen LogP contribution in [0.25, 0.3) is 11.1 Å². The number of hydrogen-bond donors (Lipinski definition) is 2. The fraction of sp³-hybridized carbons (Fsp3) is 0.444. The summed E-state index contributed by atoms with van der Waals surface area (Å²) >= 11 is 0. The Balaban J connectivity index is 1.34. The van der Waals surface area contributed by atoms with E-state index in [1.54, 1.807) is 0 Å². The molecule has 0 radical (unpaired) electrons. The SMILES string of the molecule is CCCN(CC(=O)O)C(=O)[C@H]1CCC[C@@H](NC(=O)OCC2c3ccccc3-c3ccccc32)C1. The molecule has 7 heteroatoms. The number of fused-ring (bicyclic) bond motifs is 3. The standard InChI is InChI=1S/C27H32N2O5/c1-2-14-29(16-25(30)31)26(32)18-8-7-9-19(15-18)28-27(33)34-17-24-22-12-5-3-10-20(22)21-11-4-6-13-23(21)24/h3-6,10-13,18-19,24H,2,7-9,14-17H2,1H3,(H,28,33)(H,30,31)/t18-,19+/m0/s1.